The lowest BCUT2D eigenvalue weighted by molar-refractivity contribution is 0.0737. The van der Waals surface area contributed by atoms with Crippen molar-refractivity contribution in [3.05, 3.63) is 34.1 Å². The molecule has 0 bridgehead atoms. The molecule has 1 amide bonds. The number of aromatic nitrogens is 2. The maximum Gasteiger partial charge on any atom is 0.283 e. The Hall–Kier alpha value is -1.69. The van der Waals surface area contributed by atoms with Crippen molar-refractivity contribution >= 4 is 17.2 Å². The molecule has 0 saturated carbocycles. The smallest absolute Gasteiger partial charge is 0.283 e. The maximum absolute atomic E-state index is 12.3. The standard InChI is InChI=1S/C13H17N3O2S/c1-8(2)11-7-19-12(14-11)13(17)16(4)9(3)10-5-6-18-15-10/h5-9H,1-4H3/t9-/m1/s1. The average Bonchev–Trinajstić information content (AvgIpc) is 3.06. The van der Waals surface area contributed by atoms with Gasteiger partial charge in [0.25, 0.3) is 5.91 Å². The van der Waals surface area contributed by atoms with Crippen LogP contribution in [0.25, 0.3) is 0 Å². The minimum absolute atomic E-state index is 0.0904. The van der Waals surface area contributed by atoms with Gasteiger partial charge in [0.2, 0.25) is 0 Å². The van der Waals surface area contributed by atoms with Crippen LogP contribution >= 0.6 is 11.3 Å². The second-order valence-corrected chi connectivity index (χ2v) is 5.61. The van der Waals surface area contributed by atoms with Crippen LogP contribution in [-0.2, 0) is 0 Å². The third-order valence-electron chi connectivity index (χ3n) is 3.08. The van der Waals surface area contributed by atoms with E-state index in [-0.39, 0.29) is 11.9 Å². The van der Waals surface area contributed by atoms with Crippen molar-refractivity contribution in [1.29, 1.82) is 0 Å². The molecule has 0 radical (unpaired) electrons. The Kier molecular flexibility index (Phi) is 3.99. The van der Waals surface area contributed by atoms with Crippen LogP contribution in [0, 0.1) is 0 Å². The third kappa shape index (κ3) is 2.84. The minimum atomic E-state index is -0.141. The number of amides is 1. The highest BCUT2D eigenvalue weighted by molar-refractivity contribution is 7.11. The topological polar surface area (TPSA) is 59.2 Å². The molecule has 0 saturated heterocycles. The molecule has 2 aromatic heterocycles. The fraction of sp³-hybridized carbons (Fsp3) is 0.462. The minimum Gasteiger partial charge on any atom is -0.364 e. The molecule has 0 unspecified atom stereocenters. The normalized spacial score (nSPS) is 12.7. The molecule has 19 heavy (non-hydrogen) atoms. The fourth-order valence-electron chi connectivity index (χ4n) is 1.61. The van der Waals surface area contributed by atoms with Crippen molar-refractivity contribution in [3.63, 3.8) is 0 Å². The van der Waals surface area contributed by atoms with E-state index < -0.39 is 0 Å². The number of rotatable bonds is 4. The van der Waals surface area contributed by atoms with Crippen LogP contribution in [0.1, 0.15) is 53.9 Å². The lowest BCUT2D eigenvalue weighted by Crippen LogP contribution is -2.29. The number of thiazole rings is 1. The van der Waals surface area contributed by atoms with Crippen LogP contribution in [0.4, 0.5) is 0 Å². The van der Waals surface area contributed by atoms with Gasteiger partial charge < -0.3 is 9.42 Å². The van der Waals surface area contributed by atoms with Crippen molar-refractivity contribution in [1.82, 2.24) is 15.0 Å². The molecule has 0 aromatic carbocycles. The van der Waals surface area contributed by atoms with E-state index in [1.165, 1.54) is 17.6 Å². The van der Waals surface area contributed by atoms with Crippen LogP contribution < -0.4 is 0 Å². The highest BCUT2D eigenvalue weighted by atomic mass is 32.1. The summed E-state index contributed by atoms with van der Waals surface area (Å²) < 4.78 is 4.81. The Bertz CT molecular complexity index is 548. The molecule has 6 heteroatoms. The predicted octanol–water partition coefficient (Wildman–Crippen LogP) is 3.09. The molecule has 1 atom stereocenters. The number of carbonyl (C=O) groups excluding carboxylic acids is 1. The summed E-state index contributed by atoms with van der Waals surface area (Å²) in [6.07, 6.45) is 1.50. The van der Waals surface area contributed by atoms with E-state index in [1.807, 2.05) is 12.3 Å². The summed E-state index contributed by atoms with van der Waals surface area (Å²) in [5, 5.41) is 6.31. The van der Waals surface area contributed by atoms with Crippen LogP contribution in [0.15, 0.2) is 22.2 Å². The Morgan fingerprint density at radius 1 is 1.37 bits per heavy atom. The van der Waals surface area contributed by atoms with E-state index in [4.69, 9.17) is 4.52 Å². The molecule has 0 aliphatic carbocycles. The second kappa shape index (κ2) is 5.52. The van der Waals surface area contributed by atoms with Crippen LogP contribution in [0.5, 0.6) is 0 Å². The molecule has 5 nitrogen and oxygen atoms in total. The fourth-order valence-corrected chi connectivity index (χ4v) is 2.57. The second-order valence-electron chi connectivity index (χ2n) is 4.75. The van der Waals surface area contributed by atoms with Gasteiger partial charge in [0.15, 0.2) is 5.01 Å². The van der Waals surface area contributed by atoms with Gasteiger partial charge in [0, 0.05) is 18.5 Å². The van der Waals surface area contributed by atoms with Crippen molar-refractivity contribution in [3.8, 4) is 0 Å². The van der Waals surface area contributed by atoms with Gasteiger partial charge in [-0.3, -0.25) is 4.79 Å². The quantitative estimate of drug-likeness (QED) is 0.863. The first-order chi connectivity index (χ1) is 9.00. The summed E-state index contributed by atoms with van der Waals surface area (Å²) in [7, 11) is 1.75. The SMILES string of the molecule is CC(C)c1csc(C(=O)N(C)[C@H](C)c2ccon2)n1. The van der Waals surface area contributed by atoms with E-state index in [9.17, 15) is 4.79 Å². The number of carbonyl (C=O) groups is 1. The van der Waals surface area contributed by atoms with Crippen molar-refractivity contribution in [2.75, 3.05) is 7.05 Å². The summed E-state index contributed by atoms with van der Waals surface area (Å²) in [4.78, 5) is 18.3. The van der Waals surface area contributed by atoms with E-state index in [1.54, 1.807) is 18.0 Å². The molecule has 0 aliphatic rings. The summed E-state index contributed by atoms with van der Waals surface area (Å²) >= 11 is 1.38. The molecule has 0 aliphatic heterocycles. The summed E-state index contributed by atoms with van der Waals surface area (Å²) in [5.41, 5.74) is 1.69. The van der Waals surface area contributed by atoms with E-state index in [0.29, 0.717) is 10.9 Å². The van der Waals surface area contributed by atoms with E-state index in [0.717, 1.165) is 11.4 Å². The van der Waals surface area contributed by atoms with Gasteiger partial charge in [-0.05, 0) is 12.8 Å². The van der Waals surface area contributed by atoms with Gasteiger partial charge in [0.1, 0.15) is 12.0 Å². The molecule has 102 valence electrons. The largest absolute Gasteiger partial charge is 0.364 e. The first-order valence-corrected chi connectivity index (χ1v) is 7.01. The Morgan fingerprint density at radius 3 is 2.63 bits per heavy atom. The van der Waals surface area contributed by atoms with Crippen LogP contribution in [0.3, 0.4) is 0 Å². The lowest BCUT2D eigenvalue weighted by atomic mass is 10.2. The first kappa shape index (κ1) is 13.7. The van der Waals surface area contributed by atoms with Crippen LogP contribution in [-0.4, -0.2) is 28.0 Å². The van der Waals surface area contributed by atoms with Gasteiger partial charge in [-0.2, -0.15) is 0 Å². The molecule has 0 fully saturated rings. The molecule has 0 spiro atoms. The zero-order chi connectivity index (χ0) is 14.0. The van der Waals surface area contributed by atoms with Crippen molar-refractivity contribution in [2.45, 2.75) is 32.7 Å². The average molecular weight is 279 g/mol. The number of hydrogen-bond acceptors (Lipinski definition) is 5. The Balaban J connectivity index is 2.14. The number of nitrogens with zero attached hydrogens (tertiary/aromatic N) is 3. The van der Waals surface area contributed by atoms with E-state index >= 15 is 0 Å². The van der Waals surface area contributed by atoms with E-state index in [2.05, 4.69) is 24.0 Å². The zero-order valence-corrected chi connectivity index (χ0v) is 12.3. The highest BCUT2D eigenvalue weighted by Crippen LogP contribution is 2.22. The first-order valence-electron chi connectivity index (χ1n) is 6.13. The maximum atomic E-state index is 12.3. The molecule has 2 rings (SSSR count). The van der Waals surface area contributed by atoms with Gasteiger partial charge >= 0.3 is 0 Å². The predicted molar refractivity (Wildman–Crippen MR) is 73.2 cm³/mol. The van der Waals surface area contributed by atoms with Crippen LogP contribution in [0.2, 0.25) is 0 Å². The molecular formula is C13H17N3O2S. The molecule has 2 aromatic rings. The van der Waals surface area contributed by atoms with Crippen molar-refractivity contribution < 1.29 is 9.32 Å². The Morgan fingerprint density at radius 2 is 2.11 bits per heavy atom. The summed E-state index contributed by atoms with van der Waals surface area (Å²) in [6.45, 7) is 6.03. The molecule has 0 N–H and O–H groups in total. The monoisotopic (exact) mass is 279 g/mol. The Labute approximate surface area is 116 Å². The van der Waals surface area contributed by atoms with Gasteiger partial charge in [0.05, 0.1) is 11.7 Å². The molecule has 2 heterocycles. The lowest BCUT2D eigenvalue weighted by Gasteiger charge is -2.21. The van der Waals surface area contributed by atoms with Crippen molar-refractivity contribution in [2.24, 2.45) is 0 Å². The third-order valence-corrected chi connectivity index (χ3v) is 3.93. The van der Waals surface area contributed by atoms with Gasteiger partial charge in [-0.15, -0.1) is 11.3 Å². The summed E-state index contributed by atoms with van der Waals surface area (Å²) in [6, 6.07) is 1.62. The van der Waals surface area contributed by atoms with Gasteiger partial charge in [-0.1, -0.05) is 19.0 Å². The summed E-state index contributed by atoms with van der Waals surface area (Å²) in [5.74, 6) is 0.239. The highest BCUT2D eigenvalue weighted by Gasteiger charge is 2.23. The molecular weight excluding hydrogens is 262 g/mol. The number of hydrogen-bond donors (Lipinski definition) is 0. The van der Waals surface area contributed by atoms with Gasteiger partial charge in [-0.25, -0.2) is 4.98 Å². The zero-order valence-electron chi connectivity index (χ0n) is 11.5.